The lowest BCUT2D eigenvalue weighted by molar-refractivity contribution is 0.245. The molecule has 1 aliphatic heterocycles. The van der Waals surface area contributed by atoms with Crippen molar-refractivity contribution in [1.29, 1.82) is 0 Å². The van der Waals surface area contributed by atoms with Gasteiger partial charge in [0.25, 0.3) is 0 Å². The largest absolute Gasteiger partial charge is 0.309 e. The van der Waals surface area contributed by atoms with Crippen molar-refractivity contribution >= 4 is 21.7 Å². The van der Waals surface area contributed by atoms with Crippen molar-refractivity contribution in [2.75, 3.05) is 19.6 Å². The summed E-state index contributed by atoms with van der Waals surface area (Å²) >= 11 is 1.08. The zero-order valence-corrected chi connectivity index (χ0v) is 11.3. The minimum Gasteiger partial charge on any atom is -0.302 e. The topological polar surface area (TPSA) is 38.1 Å². The first-order valence-corrected chi connectivity index (χ1v) is 7.24. The van der Waals surface area contributed by atoms with Crippen LogP contribution in [0.4, 0.5) is 4.39 Å². The van der Waals surface area contributed by atoms with Crippen LogP contribution >= 0.6 is 11.3 Å². The van der Waals surface area contributed by atoms with Crippen LogP contribution in [0.2, 0.25) is 0 Å². The standard InChI is InChI=1S/C13H15FN3OS/c14-10-8-11-12(15-9-10)19-13(18)17(11)7-6-16-4-2-1-3-5-16/h1,8-9H,2-7H2. The van der Waals surface area contributed by atoms with E-state index in [0.29, 0.717) is 16.9 Å². The second kappa shape index (κ2) is 5.38. The Bertz CT molecular complexity index is 630. The number of aromatic nitrogens is 2. The molecule has 2 aromatic rings. The lowest BCUT2D eigenvalue weighted by Gasteiger charge is -2.26. The molecule has 1 radical (unpaired) electrons. The molecule has 1 fully saturated rings. The number of fused-ring (bicyclic) bond motifs is 1. The van der Waals surface area contributed by atoms with Gasteiger partial charge in [0.2, 0.25) is 0 Å². The quantitative estimate of drug-likeness (QED) is 0.862. The minimum atomic E-state index is -0.397. The first-order chi connectivity index (χ1) is 9.24. The molecule has 2 aromatic heterocycles. The summed E-state index contributed by atoms with van der Waals surface area (Å²) in [6.45, 7) is 3.52. The number of pyridine rings is 1. The predicted octanol–water partition coefficient (Wildman–Crippen LogP) is 1.90. The number of nitrogens with zero attached hydrogens (tertiary/aromatic N) is 3. The summed E-state index contributed by atoms with van der Waals surface area (Å²) in [6.07, 6.45) is 5.66. The van der Waals surface area contributed by atoms with E-state index in [2.05, 4.69) is 16.3 Å². The summed E-state index contributed by atoms with van der Waals surface area (Å²) in [7, 11) is 0. The smallest absolute Gasteiger partial charge is 0.302 e. The predicted molar refractivity (Wildman–Crippen MR) is 73.8 cm³/mol. The molecule has 4 nitrogen and oxygen atoms in total. The molecule has 19 heavy (non-hydrogen) atoms. The number of rotatable bonds is 3. The number of likely N-dealkylation sites (tertiary alicyclic amines) is 1. The highest BCUT2D eigenvalue weighted by Crippen LogP contribution is 2.16. The van der Waals surface area contributed by atoms with Crippen LogP contribution in [0, 0.1) is 12.2 Å². The molecule has 3 rings (SSSR count). The molecule has 1 saturated heterocycles. The maximum atomic E-state index is 13.2. The molecular formula is C13H15FN3OS. The summed E-state index contributed by atoms with van der Waals surface area (Å²) in [5.41, 5.74) is 0.610. The minimum absolute atomic E-state index is 0.0586. The highest BCUT2D eigenvalue weighted by Gasteiger charge is 2.13. The molecule has 0 bridgehead atoms. The Balaban J connectivity index is 1.81. The van der Waals surface area contributed by atoms with Gasteiger partial charge in [0.05, 0.1) is 11.7 Å². The van der Waals surface area contributed by atoms with Crippen LogP contribution in [-0.2, 0) is 6.54 Å². The van der Waals surface area contributed by atoms with Gasteiger partial charge >= 0.3 is 4.87 Å². The van der Waals surface area contributed by atoms with Crippen molar-refractivity contribution in [2.45, 2.75) is 19.4 Å². The summed E-state index contributed by atoms with van der Waals surface area (Å²) in [5.74, 6) is -0.397. The van der Waals surface area contributed by atoms with E-state index in [1.54, 1.807) is 4.57 Å². The monoisotopic (exact) mass is 280 g/mol. The van der Waals surface area contributed by atoms with Gasteiger partial charge in [-0.25, -0.2) is 9.37 Å². The van der Waals surface area contributed by atoms with E-state index in [1.807, 2.05) is 0 Å². The summed E-state index contributed by atoms with van der Waals surface area (Å²) in [5, 5.41) is 0. The van der Waals surface area contributed by atoms with Gasteiger partial charge in [-0.05, 0) is 32.4 Å². The van der Waals surface area contributed by atoms with Crippen LogP contribution < -0.4 is 4.87 Å². The number of hydrogen-bond donors (Lipinski definition) is 0. The van der Waals surface area contributed by atoms with Crippen LogP contribution in [0.5, 0.6) is 0 Å². The molecule has 3 heterocycles. The van der Waals surface area contributed by atoms with E-state index >= 15 is 0 Å². The van der Waals surface area contributed by atoms with Crippen molar-refractivity contribution in [1.82, 2.24) is 14.5 Å². The van der Waals surface area contributed by atoms with Crippen LogP contribution in [-0.4, -0.2) is 34.1 Å². The van der Waals surface area contributed by atoms with Crippen LogP contribution in [0.25, 0.3) is 10.3 Å². The van der Waals surface area contributed by atoms with Crippen molar-refractivity contribution < 1.29 is 4.39 Å². The van der Waals surface area contributed by atoms with Gasteiger partial charge in [0.15, 0.2) is 0 Å². The van der Waals surface area contributed by atoms with E-state index < -0.39 is 5.82 Å². The van der Waals surface area contributed by atoms with Crippen molar-refractivity contribution in [3.05, 3.63) is 34.2 Å². The van der Waals surface area contributed by atoms with E-state index in [9.17, 15) is 9.18 Å². The number of hydrogen-bond acceptors (Lipinski definition) is 4. The molecule has 0 aliphatic carbocycles. The van der Waals surface area contributed by atoms with Crippen molar-refractivity contribution in [2.24, 2.45) is 0 Å². The Morgan fingerprint density at radius 2 is 2.11 bits per heavy atom. The molecular weight excluding hydrogens is 265 g/mol. The molecule has 0 saturated carbocycles. The molecule has 0 amide bonds. The Morgan fingerprint density at radius 3 is 2.89 bits per heavy atom. The number of thiazole rings is 1. The Labute approximate surface area is 114 Å². The van der Waals surface area contributed by atoms with Crippen LogP contribution in [0.3, 0.4) is 0 Å². The maximum absolute atomic E-state index is 13.2. The molecule has 0 N–H and O–H groups in total. The van der Waals surface area contributed by atoms with Gasteiger partial charge in [0, 0.05) is 19.2 Å². The van der Waals surface area contributed by atoms with Gasteiger partial charge in [-0.3, -0.25) is 9.36 Å². The molecule has 6 heteroatoms. The van der Waals surface area contributed by atoms with Gasteiger partial charge in [0.1, 0.15) is 10.6 Å². The van der Waals surface area contributed by atoms with Gasteiger partial charge < -0.3 is 4.90 Å². The Hall–Kier alpha value is -1.27. The average Bonchev–Trinajstić information content (AvgIpc) is 2.73. The van der Waals surface area contributed by atoms with Gasteiger partial charge in [-0.2, -0.15) is 0 Å². The zero-order chi connectivity index (χ0) is 13.2. The Morgan fingerprint density at radius 1 is 1.32 bits per heavy atom. The molecule has 0 spiro atoms. The highest BCUT2D eigenvalue weighted by molar-refractivity contribution is 7.15. The molecule has 0 unspecified atom stereocenters. The van der Waals surface area contributed by atoms with Gasteiger partial charge in [-0.15, -0.1) is 0 Å². The number of halogens is 1. The van der Waals surface area contributed by atoms with E-state index in [1.165, 1.54) is 6.07 Å². The second-order valence-electron chi connectivity index (χ2n) is 4.71. The number of piperidine rings is 1. The molecule has 0 aromatic carbocycles. The van der Waals surface area contributed by atoms with Crippen molar-refractivity contribution in [3.63, 3.8) is 0 Å². The summed E-state index contributed by atoms with van der Waals surface area (Å²) in [4.78, 5) is 18.8. The average molecular weight is 280 g/mol. The third-order valence-electron chi connectivity index (χ3n) is 3.43. The fourth-order valence-electron chi connectivity index (χ4n) is 2.40. The molecule has 1 aliphatic rings. The van der Waals surface area contributed by atoms with Crippen molar-refractivity contribution in [3.8, 4) is 0 Å². The first-order valence-electron chi connectivity index (χ1n) is 6.43. The second-order valence-corrected chi connectivity index (χ2v) is 5.65. The fraction of sp³-hybridized carbons (Fsp3) is 0.462. The Kier molecular flexibility index (Phi) is 3.61. The van der Waals surface area contributed by atoms with Crippen LogP contribution in [0.15, 0.2) is 17.1 Å². The SMILES string of the molecule is O=c1sc2ncc(F)cc2n1CCN1CC[CH]CC1. The van der Waals surface area contributed by atoms with E-state index in [0.717, 1.165) is 50.0 Å². The maximum Gasteiger partial charge on any atom is 0.309 e. The fourth-order valence-corrected chi connectivity index (χ4v) is 3.25. The third-order valence-corrected chi connectivity index (χ3v) is 4.34. The van der Waals surface area contributed by atoms with Gasteiger partial charge in [-0.1, -0.05) is 11.3 Å². The molecule has 101 valence electrons. The zero-order valence-electron chi connectivity index (χ0n) is 10.5. The van der Waals surface area contributed by atoms with Crippen LogP contribution in [0.1, 0.15) is 12.8 Å². The lowest BCUT2D eigenvalue weighted by atomic mass is 10.1. The third kappa shape index (κ3) is 2.69. The summed E-state index contributed by atoms with van der Waals surface area (Å²) in [6, 6.07) is 1.39. The van der Waals surface area contributed by atoms with E-state index in [4.69, 9.17) is 0 Å². The molecule has 0 atom stereocenters. The lowest BCUT2D eigenvalue weighted by Crippen LogP contribution is -2.34. The summed E-state index contributed by atoms with van der Waals surface area (Å²) < 4.78 is 14.9. The first kappa shape index (κ1) is 12.7. The normalized spacial score (nSPS) is 17.1. The highest BCUT2D eigenvalue weighted by atomic mass is 32.1. The van der Waals surface area contributed by atoms with E-state index in [-0.39, 0.29) is 4.87 Å².